The first-order valence-electron chi connectivity index (χ1n) is 10.1. The third-order valence-corrected chi connectivity index (χ3v) is 5.78. The lowest BCUT2D eigenvalue weighted by atomic mass is 9.96. The highest BCUT2D eigenvalue weighted by atomic mass is 32.2. The summed E-state index contributed by atoms with van der Waals surface area (Å²) in [5.74, 6) is -0.362. The minimum absolute atomic E-state index is 0.289. The van der Waals surface area contributed by atoms with Gasteiger partial charge in [-0.2, -0.15) is 4.98 Å². The Kier molecular flexibility index (Phi) is 6.27. The van der Waals surface area contributed by atoms with Crippen LogP contribution in [0.2, 0.25) is 0 Å². The van der Waals surface area contributed by atoms with Gasteiger partial charge in [0.2, 0.25) is 11.1 Å². The Morgan fingerprint density at radius 1 is 1.19 bits per heavy atom. The number of nitrogens with one attached hydrogen (secondary N) is 1. The molecule has 0 aliphatic carbocycles. The van der Waals surface area contributed by atoms with E-state index in [1.807, 2.05) is 0 Å². The summed E-state index contributed by atoms with van der Waals surface area (Å²) in [4.78, 5) is 17.4. The van der Waals surface area contributed by atoms with Crippen LogP contribution in [0, 0.1) is 11.6 Å². The molecule has 1 atom stereocenters. The van der Waals surface area contributed by atoms with Crippen LogP contribution in [0.25, 0.3) is 0 Å². The number of carbonyl (C=O) groups is 1. The van der Waals surface area contributed by atoms with E-state index >= 15 is 0 Å². The molecule has 1 aromatic heterocycles. The molecule has 1 unspecified atom stereocenters. The Bertz CT molecular complexity index is 1170. The van der Waals surface area contributed by atoms with Crippen LogP contribution in [-0.2, 0) is 15.3 Å². The van der Waals surface area contributed by atoms with E-state index in [2.05, 4.69) is 15.4 Å². The Morgan fingerprint density at radius 2 is 1.91 bits per heavy atom. The summed E-state index contributed by atoms with van der Waals surface area (Å²) in [7, 11) is 0. The molecule has 1 aliphatic rings. The lowest BCUT2D eigenvalue weighted by molar-refractivity contribution is -0.143. The molecular formula is C23H22F2N4O2S. The van der Waals surface area contributed by atoms with Crippen LogP contribution >= 0.6 is 11.8 Å². The zero-order valence-corrected chi connectivity index (χ0v) is 18.6. The molecule has 3 aromatic rings. The molecule has 0 saturated heterocycles. The predicted molar refractivity (Wildman–Crippen MR) is 118 cm³/mol. The molecule has 6 nitrogen and oxygen atoms in total. The minimum Gasteiger partial charge on any atom is -0.459 e. The van der Waals surface area contributed by atoms with Crippen molar-refractivity contribution in [2.24, 2.45) is 0 Å². The van der Waals surface area contributed by atoms with E-state index in [9.17, 15) is 13.6 Å². The molecule has 4 rings (SSSR count). The van der Waals surface area contributed by atoms with Crippen LogP contribution in [0.3, 0.4) is 0 Å². The van der Waals surface area contributed by atoms with Gasteiger partial charge >= 0.3 is 5.97 Å². The van der Waals surface area contributed by atoms with E-state index < -0.39 is 12.0 Å². The predicted octanol–water partition coefficient (Wildman–Crippen LogP) is 5.09. The van der Waals surface area contributed by atoms with Crippen molar-refractivity contribution in [1.82, 2.24) is 14.8 Å². The average Bonchev–Trinajstić information content (AvgIpc) is 3.14. The zero-order valence-electron chi connectivity index (χ0n) is 17.8. The molecule has 0 saturated carbocycles. The third-order valence-electron chi connectivity index (χ3n) is 4.90. The Labute approximate surface area is 188 Å². The Hall–Kier alpha value is -3.20. The van der Waals surface area contributed by atoms with Crippen LogP contribution in [0.5, 0.6) is 0 Å². The lowest BCUT2D eigenvalue weighted by Crippen LogP contribution is -2.30. The van der Waals surface area contributed by atoms with Crippen LogP contribution in [-0.4, -0.2) is 26.8 Å². The highest BCUT2D eigenvalue weighted by Crippen LogP contribution is 2.37. The molecule has 0 fully saturated rings. The third kappa shape index (κ3) is 4.52. The summed E-state index contributed by atoms with van der Waals surface area (Å²) in [6, 6.07) is 11.8. The van der Waals surface area contributed by atoms with Gasteiger partial charge in [0, 0.05) is 11.4 Å². The van der Waals surface area contributed by atoms with Gasteiger partial charge in [0.05, 0.1) is 11.7 Å². The number of hydrogen-bond donors (Lipinski definition) is 1. The normalized spacial score (nSPS) is 15.5. The number of ether oxygens (including phenoxy) is 1. The van der Waals surface area contributed by atoms with Crippen molar-refractivity contribution in [3.63, 3.8) is 0 Å². The number of halogens is 2. The van der Waals surface area contributed by atoms with Gasteiger partial charge in [-0.05, 0) is 50.1 Å². The fourth-order valence-corrected chi connectivity index (χ4v) is 4.26. The minimum atomic E-state index is -0.645. The van der Waals surface area contributed by atoms with E-state index in [4.69, 9.17) is 4.74 Å². The monoisotopic (exact) mass is 456 g/mol. The van der Waals surface area contributed by atoms with Gasteiger partial charge in [-0.15, -0.1) is 5.10 Å². The fourth-order valence-electron chi connectivity index (χ4n) is 3.45. The van der Waals surface area contributed by atoms with Gasteiger partial charge in [-0.25, -0.2) is 18.3 Å². The summed E-state index contributed by atoms with van der Waals surface area (Å²) in [6.07, 6.45) is -0.305. The number of aromatic nitrogens is 3. The summed E-state index contributed by atoms with van der Waals surface area (Å²) in [6.45, 7) is 5.31. The molecule has 32 heavy (non-hydrogen) atoms. The molecule has 2 heterocycles. The van der Waals surface area contributed by atoms with Crippen molar-refractivity contribution >= 4 is 23.7 Å². The quantitative estimate of drug-likeness (QED) is 0.412. The van der Waals surface area contributed by atoms with Crippen molar-refractivity contribution in [2.45, 2.75) is 43.8 Å². The Balaban J connectivity index is 1.70. The van der Waals surface area contributed by atoms with Gasteiger partial charge in [-0.3, -0.25) is 0 Å². The van der Waals surface area contributed by atoms with Crippen LogP contribution in [0.4, 0.5) is 14.7 Å². The summed E-state index contributed by atoms with van der Waals surface area (Å²) >= 11 is 1.28. The molecule has 0 amide bonds. The van der Waals surface area contributed by atoms with Crippen LogP contribution in [0.15, 0.2) is 65.0 Å². The first kappa shape index (κ1) is 22.0. The van der Waals surface area contributed by atoms with Gasteiger partial charge in [-0.1, -0.05) is 42.1 Å². The van der Waals surface area contributed by atoms with Crippen LogP contribution < -0.4 is 5.32 Å². The largest absolute Gasteiger partial charge is 0.459 e. The molecule has 0 radical (unpaired) electrons. The van der Waals surface area contributed by atoms with Gasteiger partial charge in [0.25, 0.3) is 0 Å². The average molecular weight is 457 g/mol. The van der Waals surface area contributed by atoms with Crippen molar-refractivity contribution in [1.29, 1.82) is 0 Å². The second-order valence-corrected chi connectivity index (χ2v) is 8.56. The van der Waals surface area contributed by atoms with Crippen molar-refractivity contribution < 1.29 is 18.3 Å². The standard InChI is InChI=1S/C23H22F2N4O2S/c1-13(2)31-21(30)19-14(3)26-22-27-23(32-12-16-6-4-5-7-18(16)25)28-29(22)20(19)15-8-10-17(24)11-9-15/h4-11,13,20H,12H2,1-3H3,(H,26,27,28). The maximum absolute atomic E-state index is 14.0. The number of anilines is 1. The molecule has 0 spiro atoms. The summed E-state index contributed by atoms with van der Waals surface area (Å²) in [5, 5.41) is 8.11. The Morgan fingerprint density at radius 3 is 2.59 bits per heavy atom. The highest BCUT2D eigenvalue weighted by molar-refractivity contribution is 7.98. The van der Waals surface area contributed by atoms with E-state index in [0.717, 1.165) is 0 Å². The number of hydrogen-bond acceptors (Lipinski definition) is 6. The first-order valence-corrected chi connectivity index (χ1v) is 11.1. The molecular weight excluding hydrogens is 434 g/mol. The summed E-state index contributed by atoms with van der Waals surface area (Å²) < 4.78 is 34.6. The fraction of sp³-hybridized carbons (Fsp3) is 0.261. The van der Waals surface area contributed by atoms with Gasteiger partial charge in [0.1, 0.15) is 17.7 Å². The number of benzene rings is 2. The number of fused-ring (bicyclic) bond motifs is 1. The number of allylic oxidation sites excluding steroid dienone is 1. The van der Waals surface area contributed by atoms with Gasteiger partial charge in [0.15, 0.2) is 0 Å². The molecule has 9 heteroatoms. The van der Waals surface area contributed by atoms with E-state index in [0.29, 0.717) is 39.3 Å². The molecule has 0 bridgehead atoms. The van der Waals surface area contributed by atoms with Crippen molar-refractivity contribution in [3.8, 4) is 0 Å². The van der Waals surface area contributed by atoms with Crippen molar-refractivity contribution in [3.05, 3.63) is 82.6 Å². The van der Waals surface area contributed by atoms with E-state index in [1.165, 1.54) is 30.0 Å². The second kappa shape index (κ2) is 9.12. The summed E-state index contributed by atoms with van der Waals surface area (Å²) in [5.41, 5.74) is 2.16. The van der Waals surface area contributed by atoms with Gasteiger partial charge < -0.3 is 10.1 Å². The molecule has 1 aliphatic heterocycles. The molecule has 166 valence electrons. The number of esters is 1. The van der Waals surface area contributed by atoms with E-state index in [-0.39, 0.29) is 17.7 Å². The number of thioether (sulfide) groups is 1. The second-order valence-electron chi connectivity index (χ2n) is 7.61. The van der Waals surface area contributed by atoms with E-state index in [1.54, 1.807) is 55.8 Å². The molecule has 1 N–H and O–H groups in total. The smallest absolute Gasteiger partial charge is 0.338 e. The van der Waals surface area contributed by atoms with Crippen molar-refractivity contribution in [2.75, 3.05) is 5.32 Å². The molecule has 2 aromatic carbocycles. The number of rotatable bonds is 6. The number of carbonyl (C=O) groups excluding carboxylic acids is 1. The zero-order chi connectivity index (χ0) is 22.8. The topological polar surface area (TPSA) is 69.0 Å². The van der Waals surface area contributed by atoms with Crippen LogP contribution in [0.1, 0.15) is 37.9 Å². The SMILES string of the molecule is CC1=C(C(=O)OC(C)C)C(c2ccc(F)cc2)n2nc(SCc3ccccc3F)nc2N1. The lowest BCUT2D eigenvalue weighted by Gasteiger charge is -2.28. The maximum atomic E-state index is 14.0. The first-order chi connectivity index (χ1) is 15.3. The maximum Gasteiger partial charge on any atom is 0.338 e. The number of nitrogens with zero attached hydrogens (tertiary/aromatic N) is 3. The highest BCUT2D eigenvalue weighted by Gasteiger charge is 2.35.